The van der Waals surface area contributed by atoms with Crippen LogP contribution in [-0.2, 0) is 5.75 Å². The molecule has 0 aliphatic carbocycles. The number of rotatable bonds is 4. The monoisotopic (exact) mass is 317 g/mol. The van der Waals surface area contributed by atoms with Crippen LogP contribution in [0.5, 0.6) is 0 Å². The number of aromatic nitrogens is 1. The molecule has 0 N–H and O–H groups in total. The lowest BCUT2D eigenvalue weighted by Gasteiger charge is -2.09. The Morgan fingerprint density at radius 3 is 2.65 bits per heavy atom. The molecule has 0 atom stereocenters. The van der Waals surface area contributed by atoms with Crippen molar-refractivity contribution in [2.45, 2.75) is 10.6 Å². The fourth-order valence-corrected chi connectivity index (χ4v) is 3.60. The summed E-state index contributed by atoms with van der Waals surface area (Å²) in [5, 5.41) is 1.03. The zero-order valence-electron chi connectivity index (χ0n) is 12.5. The highest BCUT2D eigenvalue weighted by Gasteiger charge is 2.08. The molecular weight excluding hydrogens is 302 g/mol. The van der Waals surface area contributed by atoms with Gasteiger partial charge in [-0.3, -0.25) is 0 Å². The van der Waals surface area contributed by atoms with Crippen molar-refractivity contribution in [3.63, 3.8) is 0 Å². The Kier molecular flexibility index (Phi) is 3.86. The molecule has 3 heteroatoms. The average molecular weight is 317 g/mol. The molecule has 0 fully saturated rings. The van der Waals surface area contributed by atoms with Crippen LogP contribution in [0.25, 0.3) is 22.2 Å². The third-order valence-corrected chi connectivity index (χ3v) is 4.89. The molecule has 23 heavy (non-hydrogen) atoms. The zero-order valence-corrected chi connectivity index (χ0v) is 13.3. The maximum absolute atomic E-state index is 5.33. The van der Waals surface area contributed by atoms with E-state index >= 15 is 0 Å². The highest BCUT2D eigenvalue weighted by Crippen LogP contribution is 2.34. The van der Waals surface area contributed by atoms with Crippen LogP contribution in [0.1, 0.15) is 5.56 Å². The van der Waals surface area contributed by atoms with E-state index in [2.05, 4.69) is 59.6 Å². The lowest BCUT2D eigenvalue weighted by molar-refractivity contribution is 0.603. The van der Waals surface area contributed by atoms with Gasteiger partial charge in [0, 0.05) is 27.8 Å². The molecule has 0 amide bonds. The third-order valence-electron chi connectivity index (χ3n) is 3.74. The number of fused-ring (bicyclic) bond motifs is 1. The minimum atomic E-state index is 0.683. The van der Waals surface area contributed by atoms with Gasteiger partial charge in [0.2, 0.25) is 5.71 Å². The largest absolute Gasteiger partial charge is 0.446 e. The Labute approximate surface area is 139 Å². The second-order valence-corrected chi connectivity index (χ2v) is 6.33. The molecule has 2 nitrogen and oxygen atoms in total. The number of pyridine rings is 1. The number of furan rings is 1. The zero-order chi connectivity index (χ0) is 15.5. The van der Waals surface area contributed by atoms with E-state index in [4.69, 9.17) is 4.42 Å². The molecule has 0 aliphatic heterocycles. The fraction of sp³-hybridized carbons (Fsp3) is 0.0500. The quantitative estimate of drug-likeness (QED) is 0.446. The minimum absolute atomic E-state index is 0.683. The highest BCUT2D eigenvalue weighted by atomic mass is 32.2. The third kappa shape index (κ3) is 3.01. The average Bonchev–Trinajstić information content (AvgIpc) is 3.09. The van der Waals surface area contributed by atoms with Gasteiger partial charge in [-0.05, 0) is 29.3 Å². The first-order chi connectivity index (χ1) is 11.4. The van der Waals surface area contributed by atoms with Crippen molar-refractivity contribution in [2.75, 3.05) is 0 Å². The Morgan fingerprint density at radius 2 is 1.74 bits per heavy atom. The van der Waals surface area contributed by atoms with Gasteiger partial charge in [-0.1, -0.05) is 48.5 Å². The van der Waals surface area contributed by atoms with E-state index in [1.54, 1.807) is 6.26 Å². The first-order valence-corrected chi connectivity index (χ1v) is 8.48. The van der Waals surface area contributed by atoms with Gasteiger partial charge < -0.3 is 4.42 Å². The molecule has 4 aromatic rings. The fourth-order valence-electron chi connectivity index (χ4n) is 2.57. The van der Waals surface area contributed by atoms with Crippen LogP contribution in [0, 0.1) is 0 Å². The summed E-state index contributed by atoms with van der Waals surface area (Å²) in [5.74, 6) is 0.958. The van der Waals surface area contributed by atoms with Crippen LogP contribution in [0.4, 0.5) is 0 Å². The van der Waals surface area contributed by atoms with Gasteiger partial charge in [-0.15, -0.1) is 11.8 Å². The van der Waals surface area contributed by atoms with Crippen molar-refractivity contribution in [3.8, 4) is 11.1 Å². The number of thioether (sulfide) groups is 1. The van der Waals surface area contributed by atoms with Gasteiger partial charge in [0.05, 0.1) is 6.26 Å². The highest BCUT2D eigenvalue weighted by molar-refractivity contribution is 7.98. The van der Waals surface area contributed by atoms with Gasteiger partial charge in [0.15, 0.2) is 0 Å². The number of hydrogen-bond donors (Lipinski definition) is 0. The van der Waals surface area contributed by atoms with E-state index in [-0.39, 0.29) is 0 Å². The summed E-state index contributed by atoms with van der Waals surface area (Å²) < 4.78 is 5.33. The topological polar surface area (TPSA) is 26.0 Å². The van der Waals surface area contributed by atoms with Crippen LogP contribution in [0.2, 0.25) is 0 Å². The molecule has 2 heterocycles. The van der Waals surface area contributed by atoms with Crippen molar-refractivity contribution in [2.24, 2.45) is 0 Å². The number of benzene rings is 2. The van der Waals surface area contributed by atoms with Crippen LogP contribution >= 0.6 is 11.8 Å². The first kappa shape index (κ1) is 14.1. The second kappa shape index (κ2) is 6.31. The summed E-state index contributed by atoms with van der Waals surface area (Å²) in [6, 6.07) is 23.1. The van der Waals surface area contributed by atoms with Gasteiger partial charge in [-0.2, -0.15) is 0 Å². The van der Waals surface area contributed by atoms with Crippen molar-refractivity contribution in [3.05, 3.63) is 84.8 Å². The summed E-state index contributed by atoms with van der Waals surface area (Å²) in [5.41, 5.74) is 4.35. The molecule has 2 aromatic carbocycles. The smallest absolute Gasteiger partial charge is 0.225 e. The van der Waals surface area contributed by atoms with E-state index < -0.39 is 0 Å². The van der Waals surface area contributed by atoms with E-state index in [0.717, 1.165) is 16.7 Å². The molecule has 0 bridgehead atoms. The summed E-state index contributed by atoms with van der Waals surface area (Å²) in [4.78, 5) is 5.67. The van der Waals surface area contributed by atoms with Gasteiger partial charge in [-0.25, -0.2) is 4.98 Å². The molecule has 0 unspecified atom stereocenters. The van der Waals surface area contributed by atoms with Crippen molar-refractivity contribution in [1.82, 2.24) is 4.98 Å². The lowest BCUT2D eigenvalue weighted by atomic mass is 10.1. The van der Waals surface area contributed by atoms with Crippen molar-refractivity contribution in [1.29, 1.82) is 0 Å². The van der Waals surface area contributed by atoms with Crippen LogP contribution in [0.3, 0.4) is 0 Å². The molecule has 0 saturated heterocycles. The molecule has 0 spiro atoms. The predicted octanol–water partition coefficient (Wildman–Crippen LogP) is 5.79. The normalized spacial score (nSPS) is 11.0. The number of nitrogens with zero attached hydrogens (tertiary/aromatic N) is 1. The van der Waals surface area contributed by atoms with Crippen LogP contribution in [-0.4, -0.2) is 4.98 Å². The molecule has 4 rings (SSSR count). The molecule has 0 aliphatic rings. The maximum Gasteiger partial charge on any atom is 0.225 e. The Hall–Kier alpha value is -2.52. The lowest BCUT2D eigenvalue weighted by Crippen LogP contribution is -1.85. The Bertz CT molecular complexity index is 930. The SMILES string of the molecule is c1ccc(CSc2ccccc2-c2cnc3occc3c2)cc1. The Morgan fingerprint density at radius 1 is 0.913 bits per heavy atom. The predicted molar refractivity (Wildman–Crippen MR) is 95.4 cm³/mol. The van der Waals surface area contributed by atoms with E-state index in [0.29, 0.717) is 5.71 Å². The standard InChI is InChI=1S/C20H15NOS/c1-2-6-15(7-3-1)14-23-19-9-5-4-8-18(19)17-12-16-10-11-22-20(16)21-13-17/h1-13H,14H2. The second-order valence-electron chi connectivity index (χ2n) is 5.31. The van der Waals surface area contributed by atoms with E-state index in [1.807, 2.05) is 30.1 Å². The van der Waals surface area contributed by atoms with E-state index in [9.17, 15) is 0 Å². The molecule has 0 radical (unpaired) electrons. The van der Waals surface area contributed by atoms with Gasteiger partial charge >= 0.3 is 0 Å². The Balaban J connectivity index is 1.66. The van der Waals surface area contributed by atoms with Crippen LogP contribution in [0.15, 0.2) is 88.5 Å². The van der Waals surface area contributed by atoms with Crippen molar-refractivity contribution >= 4 is 22.9 Å². The summed E-state index contributed by atoms with van der Waals surface area (Å²) >= 11 is 1.85. The summed E-state index contributed by atoms with van der Waals surface area (Å²) in [6.07, 6.45) is 3.56. The summed E-state index contributed by atoms with van der Waals surface area (Å²) in [7, 11) is 0. The molecule has 2 aromatic heterocycles. The number of hydrogen-bond acceptors (Lipinski definition) is 3. The summed E-state index contributed by atoms with van der Waals surface area (Å²) in [6.45, 7) is 0. The van der Waals surface area contributed by atoms with Crippen LogP contribution < -0.4 is 0 Å². The minimum Gasteiger partial charge on any atom is -0.446 e. The molecular formula is C20H15NOS. The van der Waals surface area contributed by atoms with Gasteiger partial charge in [0.1, 0.15) is 0 Å². The van der Waals surface area contributed by atoms with Gasteiger partial charge in [0.25, 0.3) is 0 Å². The molecule has 0 saturated carbocycles. The maximum atomic E-state index is 5.33. The molecule has 112 valence electrons. The first-order valence-electron chi connectivity index (χ1n) is 7.49. The van der Waals surface area contributed by atoms with Crippen molar-refractivity contribution < 1.29 is 4.42 Å². The van der Waals surface area contributed by atoms with E-state index in [1.165, 1.54) is 16.0 Å².